The quantitative estimate of drug-likeness (QED) is 0.824. The van der Waals surface area contributed by atoms with Crippen LogP contribution in [-0.2, 0) is 14.8 Å². The van der Waals surface area contributed by atoms with Crippen LogP contribution in [0.4, 0.5) is 0 Å². The highest BCUT2D eigenvalue weighted by atomic mass is 35.5. The second kappa shape index (κ2) is 6.10. The zero-order chi connectivity index (χ0) is 17.4. The van der Waals surface area contributed by atoms with Crippen LogP contribution in [0.3, 0.4) is 0 Å². The van der Waals surface area contributed by atoms with Gasteiger partial charge in [0.25, 0.3) is 0 Å². The molecule has 9 heteroatoms. The molecule has 0 aliphatic heterocycles. The first-order chi connectivity index (χ1) is 10.6. The molecule has 1 amide bonds. The topological polar surface area (TPSA) is 118 Å². The number of benzene rings is 1. The number of halogens is 1. The zero-order valence-electron chi connectivity index (χ0n) is 12.5. The summed E-state index contributed by atoms with van der Waals surface area (Å²) in [5.74, 6) is -1.94. The number of hydrogen-bond acceptors (Lipinski definition) is 4. The average Bonchev–Trinajstić information content (AvgIpc) is 2.96. The number of carboxylic acids is 1. The minimum absolute atomic E-state index is 0.178. The number of likely N-dealkylation sites (N-methyl/N-ethyl adjacent to an activating group) is 1. The predicted octanol–water partition coefficient (Wildman–Crippen LogP) is 1.46. The fourth-order valence-electron chi connectivity index (χ4n) is 2.89. The first-order valence-corrected chi connectivity index (χ1v) is 8.76. The molecule has 0 aromatic heterocycles. The van der Waals surface area contributed by atoms with Gasteiger partial charge in [-0.2, -0.15) is 4.31 Å². The Labute approximate surface area is 139 Å². The molecule has 1 fully saturated rings. The number of nitrogens with zero attached hydrogens (tertiary/aromatic N) is 1. The number of primary amides is 1. The molecular formula is C14H17ClN2O5S. The van der Waals surface area contributed by atoms with E-state index in [0.717, 1.165) is 22.5 Å². The Morgan fingerprint density at radius 1 is 1.30 bits per heavy atom. The third kappa shape index (κ3) is 2.93. The van der Waals surface area contributed by atoms with E-state index in [1.54, 1.807) is 0 Å². The van der Waals surface area contributed by atoms with Crippen LogP contribution in [0, 0.1) is 0 Å². The third-order valence-corrected chi connectivity index (χ3v) is 6.55. The molecule has 0 unspecified atom stereocenters. The van der Waals surface area contributed by atoms with Gasteiger partial charge in [0, 0.05) is 7.05 Å². The fourth-order valence-corrected chi connectivity index (χ4v) is 4.78. The summed E-state index contributed by atoms with van der Waals surface area (Å²) in [6.07, 6.45) is 2.14. The van der Waals surface area contributed by atoms with E-state index in [0.29, 0.717) is 25.7 Å². The van der Waals surface area contributed by atoms with Crippen molar-refractivity contribution < 1.29 is 23.1 Å². The van der Waals surface area contributed by atoms with Crippen LogP contribution in [-0.4, -0.2) is 42.3 Å². The lowest BCUT2D eigenvalue weighted by molar-refractivity contribution is -0.126. The van der Waals surface area contributed by atoms with Gasteiger partial charge in [-0.05, 0) is 31.0 Å². The van der Waals surface area contributed by atoms with Gasteiger partial charge in [0.2, 0.25) is 15.9 Å². The van der Waals surface area contributed by atoms with Crippen LogP contribution in [0.1, 0.15) is 36.0 Å². The van der Waals surface area contributed by atoms with Crippen molar-refractivity contribution in [1.82, 2.24) is 4.31 Å². The number of carboxylic acid groups (broad SMARTS) is 1. The van der Waals surface area contributed by atoms with Gasteiger partial charge in [0.15, 0.2) is 0 Å². The number of amides is 1. The van der Waals surface area contributed by atoms with Crippen molar-refractivity contribution >= 4 is 33.5 Å². The fraction of sp³-hybridized carbons (Fsp3) is 0.429. The van der Waals surface area contributed by atoms with Crippen LogP contribution in [0.25, 0.3) is 0 Å². The van der Waals surface area contributed by atoms with E-state index >= 15 is 0 Å². The van der Waals surface area contributed by atoms with Gasteiger partial charge in [0.05, 0.1) is 15.5 Å². The van der Waals surface area contributed by atoms with Crippen LogP contribution < -0.4 is 5.73 Å². The molecule has 1 aromatic rings. The second-order valence-corrected chi connectivity index (χ2v) is 7.90. The molecule has 0 radical (unpaired) electrons. The molecule has 3 N–H and O–H groups in total. The maximum absolute atomic E-state index is 12.8. The van der Waals surface area contributed by atoms with Crippen molar-refractivity contribution in [2.24, 2.45) is 5.73 Å². The summed E-state index contributed by atoms with van der Waals surface area (Å²) in [4.78, 5) is 22.6. The van der Waals surface area contributed by atoms with E-state index in [1.165, 1.54) is 7.05 Å². The van der Waals surface area contributed by atoms with Crippen molar-refractivity contribution in [3.05, 3.63) is 28.8 Å². The minimum Gasteiger partial charge on any atom is -0.478 e. The molecule has 1 aliphatic carbocycles. The molecule has 23 heavy (non-hydrogen) atoms. The Bertz CT molecular complexity index is 756. The Balaban J connectivity index is 2.47. The summed E-state index contributed by atoms with van der Waals surface area (Å²) >= 11 is 5.84. The molecule has 2 rings (SSSR count). The predicted molar refractivity (Wildman–Crippen MR) is 83.8 cm³/mol. The molecule has 1 saturated carbocycles. The number of carbonyl (C=O) groups excluding carboxylic acids is 1. The lowest BCUT2D eigenvalue weighted by Crippen LogP contribution is -2.56. The normalized spacial score (nSPS) is 17.3. The maximum Gasteiger partial charge on any atom is 0.337 e. The van der Waals surface area contributed by atoms with Gasteiger partial charge >= 0.3 is 5.97 Å². The SMILES string of the molecule is CN(C1(C(N)=O)CCCC1)S(=O)(=O)c1ccc(C(=O)O)c(Cl)c1. The lowest BCUT2D eigenvalue weighted by atomic mass is 9.97. The molecule has 1 aromatic carbocycles. The van der Waals surface area contributed by atoms with E-state index in [1.807, 2.05) is 0 Å². The van der Waals surface area contributed by atoms with E-state index in [9.17, 15) is 18.0 Å². The summed E-state index contributed by atoms with van der Waals surface area (Å²) in [6, 6.07) is 3.35. The molecule has 7 nitrogen and oxygen atoms in total. The Hall–Kier alpha value is -1.64. The third-order valence-electron chi connectivity index (χ3n) is 4.32. The summed E-state index contributed by atoms with van der Waals surface area (Å²) in [5.41, 5.74) is 4.00. The summed E-state index contributed by atoms with van der Waals surface area (Å²) < 4.78 is 26.5. The maximum atomic E-state index is 12.8. The van der Waals surface area contributed by atoms with Crippen LogP contribution >= 0.6 is 11.6 Å². The molecule has 0 saturated heterocycles. The van der Waals surface area contributed by atoms with Gasteiger partial charge in [-0.3, -0.25) is 4.79 Å². The van der Waals surface area contributed by atoms with Crippen LogP contribution in [0.5, 0.6) is 0 Å². The smallest absolute Gasteiger partial charge is 0.337 e. The van der Waals surface area contributed by atoms with Gasteiger partial charge in [-0.25, -0.2) is 13.2 Å². The molecule has 0 atom stereocenters. The number of nitrogens with two attached hydrogens (primary N) is 1. The number of aromatic carboxylic acids is 1. The second-order valence-electron chi connectivity index (χ2n) is 5.52. The van der Waals surface area contributed by atoms with E-state index in [2.05, 4.69) is 0 Å². The number of carbonyl (C=O) groups is 2. The molecule has 0 spiro atoms. The number of rotatable bonds is 5. The van der Waals surface area contributed by atoms with Crippen LogP contribution in [0.15, 0.2) is 23.1 Å². The highest BCUT2D eigenvalue weighted by Crippen LogP contribution is 2.37. The molecular weight excluding hydrogens is 344 g/mol. The largest absolute Gasteiger partial charge is 0.478 e. The Morgan fingerprint density at radius 3 is 2.30 bits per heavy atom. The molecule has 0 heterocycles. The summed E-state index contributed by atoms with van der Waals surface area (Å²) in [6.45, 7) is 0. The van der Waals surface area contributed by atoms with Crippen molar-refractivity contribution in [2.45, 2.75) is 36.1 Å². The van der Waals surface area contributed by atoms with E-state index < -0.39 is 27.4 Å². The van der Waals surface area contributed by atoms with Crippen molar-refractivity contribution in [1.29, 1.82) is 0 Å². The standard InChI is InChI=1S/C14H17ClN2O5S/c1-17(14(13(16)20)6-2-3-7-14)23(21,22)9-4-5-10(12(18)19)11(15)8-9/h4-5,8H,2-3,6-7H2,1H3,(H2,16,20)(H,18,19). The van der Waals surface area contributed by atoms with Gasteiger partial charge < -0.3 is 10.8 Å². The summed E-state index contributed by atoms with van der Waals surface area (Å²) in [5, 5.41) is 8.76. The Morgan fingerprint density at radius 2 is 1.87 bits per heavy atom. The highest BCUT2D eigenvalue weighted by Gasteiger charge is 2.48. The average molecular weight is 361 g/mol. The van der Waals surface area contributed by atoms with E-state index in [-0.39, 0.29) is 15.5 Å². The summed E-state index contributed by atoms with van der Waals surface area (Å²) in [7, 11) is -2.73. The molecule has 1 aliphatic rings. The number of hydrogen-bond donors (Lipinski definition) is 2. The van der Waals surface area contributed by atoms with Gasteiger partial charge in [-0.15, -0.1) is 0 Å². The Kier molecular flexibility index (Phi) is 4.70. The highest BCUT2D eigenvalue weighted by molar-refractivity contribution is 7.89. The molecule has 0 bridgehead atoms. The van der Waals surface area contributed by atoms with Gasteiger partial charge in [0.1, 0.15) is 5.54 Å². The first kappa shape index (κ1) is 17.7. The van der Waals surface area contributed by atoms with Crippen molar-refractivity contribution in [2.75, 3.05) is 7.05 Å². The van der Waals surface area contributed by atoms with Crippen molar-refractivity contribution in [3.8, 4) is 0 Å². The van der Waals surface area contributed by atoms with Gasteiger partial charge in [-0.1, -0.05) is 24.4 Å². The minimum atomic E-state index is -4.04. The molecule has 126 valence electrons. The van der Waals surface area contributed by atoms with Crippen molar-refractivity contribution in [3.63, 3.8) is 0 Å². The lowest BCUT2D eigenvalue weighted by Gasteiger charge is -2.34. The first-order valence-electron chi connectivity index (χ1n) is 6.95. The number of sulfonamides is 1. The van der Waals surface area contributed by atoms with E-state index in [4.69, 9.17) is 22.4 Å². The monoisotopic (exact) mass is 360 g/mol. The zero-order valence-corrected chi connectivity index (χ0v) is 14.0. The van der Waals surface area contributed by atoms with Crippen LogP contribution in [0.2, 0.25) is 5.02 Å².